The number of rotatable bonds is 3. The third-order valence-electron chi connectivity index (χ3n) is 2.73. The molecule has 7 nitrogen and oxygen atoms in total. The Kier molecular flexibility index (Phi) is 4.52. The number of amides is 2. The average Bonchev–Trinajstić information content (AvgIpc) is 2.52. The summed E-state index contributed by atoms with van der Waals surface area (Å²) >= 11 is 0. The zero-order valence-corrected chi connectivity index (χ0v) is 12.4. The zero-order valence-electron chi connectivity index (χ0n) is 11.6. The number of carbonyl (C=O) groups excluding carboxylic acids is 2. The number of aromatic nitrogens is 1. The normalized spacial score (nSPS) is 10.8. The van der Waals surface area contributed by atoms with Gasteiger partial charge in [-0.25, -0.2) is 8.42 Å². The van der Waals surface area contributed by atoms with Gasteiger partial charge in [0.2, 0.25) is 0 Å². The van der Waals surface area contributed by atoms with E-state index in [1.807, 2.05) is 0 Å². The number of carbonyl (C=O) groups is 2. The maximum atomic E-state index is 11.8. The molecule has 2 amide bonds. The van der Waals surface area contributed by atoms with Crippen molar-refractivity contribution in [3.8, 4) is 0 Å². The number of nitrogens with one attached hydrogen (secondary N) is 2. The van der Waals surface area contributed by atoms with Crippen LogP contribution in [0.25, 0.3) is 0 Å². The minimum absolute atomic E-state index is 0.113. The van der Waals surface area contributed by atoms with E-state index in [9.17, 15) is 18.0 Å². The van der Waals surface area contributed by atoms with Crippen LogP contribution >= 0.6 is 0 Å². The van der Waals surface area contributed by atoms with Crippen LogP contribution in [0.2, 0.25) is 0 Å². The molecule has 0 aliphatic rings. The Balaban J connectivity index is 2.00. The van der Waals surface area contributed by atoms with Crippen molar-refractivity contribution in [1.29, 1.82) is 0 Å². The number of hydrogen-bond acceptors (Lipinski definition) is 5. The van der Waals surface area contributed by atoms with E-state index in [1.165, 1.54) is 36.5 Å². The van der Waals surface area contributed by atoms with Crippen molar-refractivity contribution in [2.75, 3.05) is 6.26 Å². The van der Waals surface area contributed by atoms with Gasteiger partial charge in [-0.3, -0.25) is 25.4 Å². The molecule has 0 bridgehead atoms. The fourth-order valence-corrected chi connectivity index (χ4v) is 2.23. The standard InChI is InChI=1S/C14H13N3O4S/c1-22(20,21)11-7-5-10(6-8-11)13(18)16-17-14(19)12-4-2-3-9-15-12/h2-9H,1H3,(H,16,18)(H,17,19). The maximum absolute atomic E-state index is 11.8. The van der Waals surface area contributed by atoms with Gasteiger partial charge in [-0.1, -0.05) is 6.07 Å². The van der Waals surface area contributed by atoms with Crippen LogP contribution in [-0.2, 0) is 9.84 Å². The fraction of sp³-hybridized carbons (Fsp3) is 0.0714. The van der Waals surface area contributed by atoms with Crippen molar-refractivity contribution < 1.29 is 18.0 Å². The minimum Gasteiger partial charge on any atom is -0.267 e. The molecule has 1 aromatic carbocycles. The summed E-state index contributed by atoms with van der Waals surface area (Å²) in [5.74, 6) is -1.12. The minimum atomic E-state index is -3.32. The Morgan fingerprint density at radius 2 is 1.59 bits per heavy atom. The van der Waals surface area contributed by atoms with Gasteiger partial charge in [0, 0.05) is 18.0 Å². The first-order valence-corrected chi connectivity index (χ1v) is 8.09. The van der Waals surface area contributed by atoms with E-state index in [4.69, 9.17) is 0 Å². The van der Waals surface area contributed by atoms with Crippen LogP contribution in [0.3, 0.4) is 0 Å². The number of sulfone groups is 1. The summed E-state index contributed by atoms with van der Waals surface area (Å²) in [5, 5.41) is 0. The fourth-order valence-electron chi connectivity index (χ4n) is 1.60. The smallest absolute Gasteiger partial charge is 0.267 e. The van der Waals surface area contributed by atoms with Gasteiger partial charge in [0.25, 0.3) is 11.8 Å². The van der Waals surface area contributed by atoms with Crippen LogP contribution in [0.4, 0.5) is 0 Å². The van der Waals surface area contributed by atoms with E-state index in [-0.39, 0.29) is 16.2 Å². The molecule has 8 heteroatoms. The molecule has 114 valence electrons. The summed E-state index contributed by atoms with van der Waals surface area (Å²) in [4.78, 5) is 27.5. The molecule has 0 spiro atoms. The second-order valence-electron chi connectivity index (χ2n) is 4.42. The molecule has 2 aromatic rings. The molecular weight excluding hydrogens is 306 g/mol. The highest BCUT2D eigenvalue weighted by atomic mass is 32.2. The highest BCUT2D eigenvalue weighted by molar-refractivity contribution is 7.90. The van der Waals surface area contributed by atoms with Crippen LogP contribution in [-0.4, -0.2) is 31.5 Å². The van der Waals surface area contributed by atoms with Gasteiger partial charge < -0.3 is 0 Å². The predicted molar refractivity (Wildman–Crippen MR) is 78.7 cm³/mol. The molecule has 0 saturated carbocycles. The average molecular weight is 319 g/mol. The van der Waals surface area contributed by atoms with Crippen LogP contribution in [0.15, 0.2) is 53.6 Å². The second-order valence-corrected chi connectivity index (χ2v) is 6.44. The van der Waals surface area contributed by atoms with Gasteiger partial charge in [-0.15, -0.1) is 0 Å². The molecule has 0 atom stereocenters. The van der Waals surface area contributed by atoms with Crippen molar-refractivity contribution >= 4 is 21.7 Å². The monoisotopic (exact) mass is 319 g/mol. The molecule has 0 aliphatic heterocycles. The quantitative estimate of drug-likeness (QED) is 0.804. The van der Waals surface area contributed by atoms with E-state index in [0.29, 0.717) is 0 Å². The van der Waals surface area contributed by atoms with E-state index < -0.39 is 21.7 Å². The zero-order chi connectivity index (χ0) is 16.2. The van der Waals surface area contributed by atoms with Crippen LogP contribution in [0.5, 0.6) is 0 Å². The number of nitrogens with zero attached hydrogens (tertiary/aromatic N) is 1. The highest BCUT2D eigenvalue weighted by Crippen LogP contribution is 2.10. The van der Waals surface area contributed by atoms with Crippen molar-refractivity contribution in [2.24, 2.45) is 0 Å². The first-order valence-electron chi connectivity index (χ1n) is 6.20. The van der Waals surface area contributed by atoms with Gasteiger partial charge >= 0.3 is 0 Å². The van der Waals surface area contributed by atoms with Crippen molar-refractivity contribution in [3.63, 3.8) is 0 Å². The highest BCUT2D eigenvalue weighted by Gasteiger charge is 2.11. The maximum Gasteiger partial charge on any atom is 0.288 e. The Hall–Kier alpha value is -2.74. The van der Waals surface area contributed by atoms with Crippen LogP contribution in [0, 0.1) is 0 Å². The van der Waals surface area contributed by atoms with Crippen molar-refractivity contribution in [3.05, 3.63) is 59.9 Å². The van der Waals surface area contributed by atoms with Gasteiger partial charge in [-0.05, 0) is 36.4 Å². The topological polar surface area (TPSA) is 105 Å². The molecule has 0 radical (unpaired) electrons. The van der Waals surface area contributed by atoms with Gasteiger partial charge in [0.1, 0.15) is 5.69 Å². The lowest BCUT2D eigenvalue weighted by Gasteiger charge is -2.07. The van der Waals surface area contributed by atoms with E-state index in [0.717, 1.165) is 6.26 Å². The van der Waals surface area contributed by atoms with Gasteiger partial charge in [0.15, 0.2) is 9.84 Å². The number of hydrazine groups is 1. The molecular formula is C14H13N3O4S. The molecule has 1 aromatic heterocycles. The van der Waals surface area contributed by atoms with Gasteiger partial charge in [0.05, 0.1) is 4.90 Å². The molecule has 22 heavy (non-hydrogen) atoms. The summed E-state index contributed by atoms with van der Waals surface area (Å²) < 4.78 is 22.6. The number of hydrogen-bond donors (Lipinski definition) is 2. The van der Waals surface area contributed by atoms with Crippen molar-refractivity contribution in [1.82, 2.24) is 15.8 Å². The van der Waals surface area contributed by atoms with Crippen molar-refractivity contribution in [2.45, 2.75) is 4.90 Å². The lowest BCUT2D eigenvalue weighted by Crippen LogP contribution is -2.41. The number of pyridine rings is 1. The molecule has 0 unspecified atom stereocenters. The second kappa shape index (κ2) is 6.35. The predicted octanol–water partition coefficient (Wildman–Crippen LogP) is 0.560. The van der Waals surface area contributed by atoms with E-state index >= 15 is 0 Å². The first-order chi connectivity index (χ1) is 10.4. The molecule has 1 heterocycles. The molecule has 2 N–H and O–H groups in total. The lowest BCUT2D eigenvalue weighted by molar-refractivity contribution is 0.0844. The summed E-state index contributed by atoms with van der Waals surface area (Å²) in [6.45, 7) is 0. The van der Waals surface area contributed by atoms with E-state index in [1.54, 1.807) is 12.1 Å². The third-order valence-corrected chi connectivity index (χ3v) is 3.86. The summed E-state index contributed by atoms with van der Waals surface area (Å²) in [7, 11) is -3.32. The molecule has 2 rings (SSSR count). The van der Waals surface area contributed by atoms with E-state index in [2.05, 4.69) is 15.8 Å². The summed E-state index contributed by atoms with van der Waals surface area (Å²) in [6.07, 6.45) is 2.54. The lowest BCUT2D eigenvalue weighted by atomic mass is 10.2. The van der Waals surface area contributed by atoms with Gasteiger partial charge in [-0.2, -0.15) is 0 Å². The van der Waals surface area contributed by atoms with Crippen LogP contribution < -0.4 is 10.9 Å². The Labute approximate surface area is 127 Å². The summed E-state index contributed by atoms with van der Waals surface area (Å²) in [5.41, 5.74) is 4.83. The Bertz CT molecular complexity index is 787. The third kappa shape index (κ3) is 3.89. The van der Waals surface area contributed by atoms with Crippen LogP contribution in [0.1, 0.15) is 20.8 Å². The Morgan fingerprint density at radius 3 is 2.14 bits per heavy atom. The molecule has 0 aliphatic carbocycles. The molecule has 0 fully saturated rings. The molecule has 0 saturated heterocycles. The first kappa shape index (κ1) is 15.6. The Morgan fingerprint density at radius 1 is 0.955 bits per heavy atom. The SMILES string of the molecule is CS(=O)(=O)c1ccc(C(=O)NNC(=O)c2ccccn2)cc1. The largest absolute Gasteiger partial charge is 0.288 e. The summed E-state index contributed by atoms with van der Waals surface area (Å²) in [6, 6.07) is 10.2. The number of benzene rings is 1.